The zero-order valence-corrected chi connectivity index (χ0v) is 16.8. The number of amides is 2. The number of benzene rings is 2. The summed E-state index contributed by atoms with van der Waals surface area (Å²) < 4.78 is 11.0. The van der Waals surface area contributed by atoms with Crippen LogP contribution in [0.15, 0.2) is 36.4 Å². The number of nitrogens with one attached hydrogen (secondary N) is 2. The third-order valence-corrected chi connectivity index (χ3v) is 4.83. The molecule has 3 rings (SSSR count). The van der Waals surface area contributed by atoms with Gasteiger partial charge in [-0.15, -0.1) is 0 Å². The van der Waals surface area contributed by atoms with Crippen LogP contribution in [0.4, 0.5) is 5.69 Å². The van der Waals surface area contributed by atoms with Crippen LogP contribution >= 0.6 is 11.6 Å². The van der Waals surface area contributed by atoms with E-state index in [1.165, 1.54) is 0 Å². The van der Waals surface area contributed by atoms with Crippen LogP contribution in [0, 0.1) is 12.8 Å². The fourth-order valence-corrected chi connectivity index (χ4v) is 3.15. The minimum absolute atomic E-state index is 0.121. The molecule has 0 bridgehead atoms. The van der Waals surface area contributed by atoms with E-state index in [-0.39, 0.29) is 17.7 Å². The third-order valence-electron chi connectivity index (χ3n) is 4.52. The number of aryl methyl sites for hydroxylation is 1. The van der Waals surface area contributed by atoms with Gasteiger partial charge in [0.1, 0.15) is 19.3 Å². The van der Waals surface area contributed by atoms with Crippen molar-refractivity contribution in [1.82, 2.24) is 5.32 Å². The largest absolute Gasteiger partial charge is 0.486 e. The van der Waals surface area contributed by atoms with E-state index in [1.54, 1.807) is 24.3 Å². The van der Waals surface area contributed by atoms with Gasteiger partial charge in [0.25, 0.3) is 5.91 Å². The van der Waals surface area contributed by atoms with Crippen LogP contribution in [0.5, 0.6) is 11.5 Å². The fraction of sp³-hybridized carbons (Fsp3) is 0.333. The average molecular weight is 403 g/mol. The Bertz CT molecular complexity index is 898. The molecule has 148 valence electrons. The van der Waals surface area contributed by atoms with E-state index in [0.717, 1.165) is 5.56 Å². The summed E-state index contributed by atoms with van der Waals surface area (Å²) in [5, 5.41) is 5.96. The van der Waals surface area contributed by atoms with Crippen molar-refractivity contribution in [2.75, 3.05) is 18.5 Å². The molecule has 28 heavy (non-hydrogen) atoms. The number of hydrogen-bond donors (Lipinski definition) is 2. The Kier molecular flexibility index (Phi) is 6.09. The van der Waals surface area contributed by atoms with E-state index in [1.807, 2.05) is 32.9 Å². The molecule has 0 aromatic heterocycles. The van der Waals surface area contributed by atoms with E-state index in [4.69, 9.17) is 21.1 Å². The monoisotopic (exact) mass is 402 g/mol. The van der Waals surface area contributed by atoms with Crippen molar-refractivity contribution >= 4 is 29.1 Å². The normalized spacial score (nSPS) is 13.8. The molecule has 0 radical (unpaired) electrons. The number of carbonyl (C=O) groups is 2. The summed E-state index contributed by atoms with van der Waals surface area (Å²) in [5.41, 5.74) is 1.79. The van der Waals surface area contributed by atoms with E-state index < -0.39 is 6.04 Å². The van der Waals surface area contributed by atoms with E-state index in [9.17, 15) is 9.59 Å². The van der Waals surface area contributed by atoms with Gasteiger partial charge in [-0.1, -0.05) is 43.6 Å². The molecule has 2 aromatic rings. The molecular formula is C21H23ClN2O4. The fourth-order valence-electron chi connectivity index (χ4n) is 2.95. The Balaban J connectivity index is 1.77. The highest BCUT2D eigenvalue weighted by atomic mass is 35.5. The predicted octanol–water partition coefficient (Wildman–Crippen LogP) is 3.81. The van der Waals surface area contributed by atoms with Gasteiger partial charge in [0.15, 0.2) is 11.5 Å². The smallest absolute Gasteiger partial charge is 0.252 e. The molecule has 1 atom stereocenters. The lowest BCUT2D eigenvalue weighted by atomic mass is 10.0. The van der Waals surface area contributed by atoms with Gasteiger partial charge in [0.2, 0.25) is 5.91 Å². The Morgan fingerprint density at radius 2 is 1.71 bits per heavy atom. The van der Waals surface area contributed by atoms with Gasteiger partial charge in [-0.2, -0.15) is 0 Å². The van der Waals surface area contributed by atoms with E-state index in [0.29, 0.717) is 41.0 Å². The summed E-state index contributed by atoms with van der Waals surface area (Å²) in [5.74, 6) is 0.304. The van der Waals surface area contributed by atoms with Crippen molar-refractivity contribution in [3.63, 3.8) is 0 Å². The summed E-state index contributed by atoms with van der Waals surface area (Å²) in [7, 11) is 0. The van der Waals surface area contributed by atoms with Gasteiger partial charge < -0.3 is 20.1 Å². The molecule has 7 heteroatoms. The second-order valence-electron chi connectivity index (χ2n) is 6.98. The lowest BCUT2D eigenvalue weighted by Gasteiger charge is -2.24. The molecule has 0 fully saturated rings. The van der Waals surface area contributed by atoms with Crippen molar-refractivity contribution in [3.8, 4) is 11.5 Å². The minimum Gasteiger partial charge on any atom is -0.486 e. The summed E-state index contributed by atoms with van der Waals surface area (Å²) in [6.07, 6.45) is 0. The molecule has 6 nitrogen and oxygen atoms in total. The lowest BCUT2D eigenvalue weighted by molar-refractivity contribution is -0.118. The first-order valence-corrected chi connectivity index (χ1v) is 9.51. The minimum atomic E-state index is -0.726. The van der Waals surface area contributed by atoms with Crippen LogP contribution in [0.1, 0.15) is 29.8 Å². The molecule has 0 spiro atoms. The maximum Gasteiger partial charge on any atom is 0.252 e. The van der Waals surface area contributed by atoms with Gasteiger partial charge in [-0.25, -0.2) is 0 Å². The summed E-state index contributed by atoms with van der Waals surface area (Å²) in [4.78, 5) is 25.5. The number of ether oxygens (including phenoxy) is 2. The zero-order chi connectivity index (χ0) is 20.3. The molecular weight excluding hydrogens is 380 g/mol. The Morgan fingerprint density at radius 1 is 1.07 bits per heavy atom. The first-order valence-electron chi connectivity index (χ1n) is 9.13. The van der Waals surface area contributed by atoms with Crippen LogP contribution in [-0.4, -0.2) is 31.1 Å². The summed E-state index contributed by atoms with van der Waals surface area (Å²) >= 11 is 6.27. The van der Waals surface area contributed by atoms with Crippen LogP contribution in [0.25, 0.3) is 0 Å². The molecule has 2 aromatic carbocycles. The second-order valence-corrected chi connectivity index (χ2v) is 7.38. The number of fused-ring (bicyclic) bond motifs is 1. The maximum absolute atomic E-state index is 12.9. The lowest BCUT2D eigenvalue weighted by Crippen LogP contribution is -2.47. The number of hydrogen-bond acceptors (Lipinski definition) is 4. The SMILES string of the molecule is Cc1ccccc1C(=O)NC(C(=O)Nc1cc2c(cc1Cl)OCCO2)C(C)C. The average Bonchev–Trinajstić information content (AvgIpc) is 2.66. The molecule has 1 aliphatic heterocycles. The molecule has 1 heterocycles. The van der Waals surface area contributed by atoms with Crippen molar-refractivity contribution in [3.05, 3.63) is 52.5 Å². The van der Waals surface area contributed by atoms with Gasteiger partial charge in [0, 0.05) is 17.7 Å². The molecule has 0 saturated carbocycles. The highest BCUT2D eigenvalue weighted by Crippen LogP contribution is 2.38. The summed E-state index contributed by atoms with van der Waals surface area (Å²) in [6, 6.07) is 9.77. The Labute approximate surface area is 169 Å². The summed E-state index contributed by atoms with van der Waals surface area (Å²) in [6.45, 7) is 6.48. The van der Waals surface area contributed by atoms with Gasteiger partial charge in [-0.05, 0) is 24.5 Å². The van der Waals surface area contributed by atoms with Crippen molar-refractivity contribution in [2.24, 2.45) is 5.92 Å². The van der Waals surface area contributed by atoms with Crippen LogP contribution in [0.2, 0.25) is 5.02 Å². The van der Waals surface area contributed by atoms with Gasteiger partial charge in [-0.3, -0.25) is 9.59 Å². The first-order chi connectivity index (χ1) is 13.4. The maximum atomic E-state index is 12.9. The number of carbonyl (C=O) groups excluding carboxylic acids is 2. The van der Waals surface area contributed by atoms with Gasteiger partial charge in [0.05, 0.1) is 10.7 Å². The van der Waals surface area contributed by atoms with Gasteiger partial charge >= 0.3 is 0 Å². The molecule has 0 aliphatic carbocycles. The van der Waals surface area contributed by atoms with Crippen LogP contribution in [-0.2, 0) is 4.79 Å². The second kappa shape index (κ2) is 8.52. The highest BCUT2D eigenvalue weighted by molar-refractivity contribution is 6.34. The predicted molar refractivity (Wildman–Crippen MR) is 108 cm³/mol. The zero-order valence-electron chi connectivity index (χ0n) is 16.0. The molecule has 1 aliphatic rings. The van der Waals surface area contributed by atoms with Crippen molar-refractivity contribution < 1.29 is 19.1 Å². The molecule has 2 N–H and O–H groups in total. The molecule has 1 unspecified atom stereocenters. The van der Waals surface area contributed by atoms with Crippen LogP contribution in [0.3, 0.4) is 0 Å². The Morgan fingerprint density at radius 3 is 2.36 bits per heavy atom. The van der Waals surface area contributed by atoms with Crippen molar-refractivity contribution in [2.45, 2.75) is 26.8 Å². The first kappa shape index (κ1) is 20.0. The van der Waals surface area contributed by atoms with E-state index in [2.05, 4.69) is 10.6 Å². The topological polar surface area (TPSA) is 76.7 Å². The highest BCUT2D eigenvalue weighted by Gasteiger charge is 2.26. The van der Waals surface area contributed by atoms with E-state index >= 15 is 0 Å². The van der Waals surface area contributed by atoms with Crippen molar-refractivity contribution in [1.29, 1.82) is 0 Å². The quantitative estimate of drug-likeness (QED) is 0.797. The standard InChI is InChI=1S/C21H23ClN2O4/c1-12(2)19(24-20(25)14-7-5-4-6-13(14)3)21(26)23-16-11-18-17(10-15(16)22)27-8-9-28-18/h4-7,10-12,19H,8-9H2,1-3H3,(H,23,26)(H,24,25). The molecule has 2 amide bonds. The number of halogens is 1. The Hall–Kier alpha value is -2.73. The number of rotatable bonds is 5. The van der Waals surface area contributed by atoms with Crippen LogP contribution < -0.4 is 20.1 Å². The third kappa shape index (κ3) is 4.39. The number of anilines is 1. The molecule has 0 saturated heterocycles.